The summed E-state index contributed by atoms with van der Waals surface area (Å²) in [6, 6.07) is 8.51. The van der Waals surface area contributed by atoms with Gasteiger partial charge in [0.1, 0.15) is 0 Å². The highest BCUT2D eigenvalue weighted by Gasteiger charge is 2.32. The highest BCUT2D eigenvalue weighted by molar-refractivity contribution is 5.79. The van der Waals surface area contributed by atoms with E-state index in [0.29, 0.717) is 19.8 Å². The molecule has 1 aromatic carbocycles. The van der Waals surface area contributed by atoms with Crippen molar-refractivity contribution in [2.24, 2.45) is 5.92 Å². The maximum Gasteiger partial charge on any atom is 0.227 e. The third kappa shape index (κ3) is 3.78. The molecule has 1 saturated heterocycles. The Balaban J connectivity index is 1.78. The quantitative estimate of drug-likeness (QED) is 0.828. The standard InChI is InChI=1S/C15H22N2O2/c1-11-4-3-5-12(8-11)6-7-17-15(18)13-9-19-10-14(13)16-2/h3-5,8,13-14,16H,6-7,9-10H2,1-2H3,(H,17,18). The van der Waals surface area contributed by atoms with Gasteiger partial charge in [-0.2, -0.15) is 0 Å². The van der Waals surface area contributed by atoms with E-state index in [1.165, 1.54) is 11.1 Å². The van der Waals surface area contributed by atoms with Gasteiger partial charge < -0.3 is 15.4 Å². The van der Waals surface area contributed by atoms with E-state index in [9.17, 15) is 4.79 Å². The lowest BCUT2D eigenvalue weighted by molar-refractivity contribution is -0.125. The van der Waals surface area contributed by atoms with Gasteiger partial charge >= 0.3 is 0 Å². The molecule has 0 aliphatic carbocycles. The molecule has 104 valence electrons. The molecule has 0 spiro atoms. The number of amides is 1. The van der Waals surface area contributed by atoms with E-state index in [0.717, 1.165) is 6.42 Å². The summed E-state index contributed by atoms with van der Waals surface area (Å²) in [5, 5.41) is 6.12. The molecule has 2 unspecified atom stereocenters. The predicted octanol–water partition coefficient (Wildman–Crippen LogP) is 0.888. The summed E-state index contributed by atoms with van der Waals surface area (Å²) in [6.07, 6.45) is 0.866. The predicted molar refractivity (Wildman–Crippen MR) is 75.0 cm³/mol. The lowest BCUT2D eigenvalue weighted by Crippen LogP contribution is -2.43. The van der Waals surface area contributed by atoms with Crippen molar-refractivity contribution in [3.8, 4) is 0 Å². The molecular formula is C15H22N2O2. The Hall–Kier alpha value is -1.39. The monoisotopic (exact) mass is 262 g/mol. The lowest BCUT2D eigenvalue weighted by Gasteiger charge is -2.16. The molecule has 4 heteroatoms. The van der Waals surface area contributed by atoms with Crippen molar-refractivity contribution in [3.05, 3.63) is 35.4 Å². The van der Waals surface area contributed by atoms with Gasteiger partial charge in [-0.05, 0) is 26.0 Å². The third-order valence-electron chi connectivity index (χ3n) is 3.58. The van der Waals surface area contributed by atoms with E-state index in [4.69, 9.17) is 4.74 Å². The highest BCUT2D eigenvalue weighted by Crippen LogP contribution is 2.13. The van der Waals surface area contributed by atoms with Gasteiger partial charge in [-0.1, -0.05) is 29.8 Å². The number of carbonyl (C=O) groups excluding carboxylic acids is 1. The Morgan fingerprint density at radius 1 is 1.42 bits per heavy atom. The van der Waals surface area contributed by atoms with Crippen LogP contribution in [0.5, 0.6) is 0 Å². The molecule has 1 aliphatic rings. The maximum atomic E-state index is 12.0. The molecule has 2 atom stereocenters. The molecule has 1 aliphatic heterocycles. The van der Waals surface area contributed by atoms with Crippen LogP contribution in [0.2, 0.25) is 0 Å². The Kier molecular flexibility index (Phi) is 4.93. The van der Waals surface area contributed by atoms with E-state index >= 15 is 0 Å². The van der Waals surface area contributed by atoms with E-state index in [1.807, 2.05) is 13.1 Å². The van der Waals surface area contributed by atoms with Gasteiger partial charge in [-0.3, -0.25) is 4.79 Å². The zero-order valence-electron chi connectivity index (χ0n) is 11.6. The van der Waals surface area contributed by atoms with Crippen LogP contribution in [0.3, 0.4) is 0 Å². The fraction of sp³-hybridized carbons (Fsp3) is 0.533. The molecule has 1 heterocycles. The lowest BCUT2D eigenvalue weighted by atomic mass is 10.0. The largest absolute Gasteiger partial charge is 0.379 e. The fourth-order valence-corrected chi connectivity index (χ4v) is 2.43. The van der Waals surface area contributed by atoms with Crippen LogP contribution in [0.4, 0.5) is 0 Å². The summed E-state index contributed by atoms with van der Waals surface area (Å²) in [6.45, 7) is 3.89. The molecule has 1 amide bonds. The number of likely N-dealkylation sites (N-methyl/N-ethyl adjacent to an activating group) is 1. The van der Waals surface area contributed by atoms with Gasteiger partial charge in [0, 0.05) is 12.6 Å². The van der Waals surface area contributed by atoms with E-state index in [-0.39, 0.29) is 17.9 Å². The molecule has 2 rings (SSSR count). The van der Waals surface area contributed by atoms with Gasteiger partial charge in [-0.15, -0.1) is 0 Å². The number of hydrogen-bond donors (Lipinski definition) is 2. The minimum Gasteiger partial charge on any atom is -0.379 e. The average molecular weight is 262 g/mol. The molecule has 0 saturated carbocycles. The third-order valence-corrected chi connectivity index (χ3v) is 3.58. The first-order valence-corrected chi connectivity index (χ1v) is 6.79. The topological polar surface area (TPSA) is 50.4 Å². The highest BCUT2D eigenvalue weighted by atomic mass is 16.5. The van der Waals surface area contributed by atoms with Crippen LogP contribution in [0.15, 0.2) is 24.3 Å². The van der Waals surface area contributed by atoms with Crippen molar-refractivity contribution < 1.29 is 9.53 Å². The SMILES string of the molecule is CNC1COCC1C(=O)NCCc1cccc(C)c1. The Bertz CT molecular complexity index is 434. The van der Waals surface area contributed by atoms with Gasteiger partial charge in [0.25, 0.3) is 0 Å². The van der Waals surface area contributed by atoms with Crippen molar-refractivity contribution in [1.29, 1.82) is 0 Å². The summed E-state index contributed by atoms with van der Waals surface area (Å²) in [5.74, 6) is 0.0204. The van der Waals surface area contributed by atoms with Crippen molar-refractivity contribution in [2.75, 3.05) is 26.8 Å². The minimum atomic E-state index is -0.0671. The summed E-state index contributed by atoms with van der Waals surface area (Å²) < 4.78 is 5.34. The maximum absolute atomic E-state index is 12.0. The average Bonchev–Trinajstić information content (AvgIpc) is 2.87. The van der Waals surface area contributed by atoms with Gasteiger partial charge in [0.15, 0.2) is 0 Å². The molecule has 1 fully saturated rings. The summed E-state index contributed by atoms with van der Waals surface area (Å²) in [7, 11) is 1.87. The molecule has 4 nitrogen and oxygen atoms in total. The minimum absolute atomic E-state index is 0.0671. The Morgan fingerprint density at radius 3 is 3.00 bits per heavy atom. The first-order valence-electron chi connectivity index (χ1n) is 6.79. The summed E-state index contributed by atoms with van der Waals surface area (Å²) in [5.41, 5.74) is 2.51. The number of aryl methyl sites for hydroxylation is 1. The van der Waals surface area contributed by atoms with E-state index < -0.39 is 0 Å². The van der Waals surface area contributed by atoms with Crippen molar-refractivity contribution in [1.82, 2.24) is 10.6 Å². The molecule has 0 aromatic heterocycles. The smallest absolute Gasteiger partial charge is 0.227 e. The van der Waals surface area contributed by atoms with Crippen LogP contribution in [-0.4, -0.2) is 38.8 Å². The first kappa shape index (κ1) is 14.0. The van der Waals surface area contributed by atoms with Crippen LogP contribution >= 0.6 is 0 Å². The van der Waals surface area contributed by atoms with Crippen LogP contribution in [-0.2, 0) is 16.0 Å². The number of ether oxygens (including phenoxy) is 1. The normalized spacial score (nSPS) is 22.4. The van der Waals surface area contributed by atoms with Crippen molar-refractivity contribution in [3.63, 3.8) is 0 Å². The molecule has 0 radical (unpaired) electrons. The summed E-state index contributed by atoms with van der Waals surface area (Å²) in [4.78, 5) is 12.0. The number of benzene rings is 1. The molecule has 1 aromatic rings. The second-order valence-electron chi connectivity index (χ2n) is 5.07. The number of hydrogen-bond acceptors (Lipinski definition) is 3. The van der Waals surface area contributed by atoms with Crippen molar-refractivity contribution >= 4 is 5.91 Å². The van der Waals surface area contributed by atoms with Gasteiger partial charge in [-0.25, -0.2) is 0 Å². The van der Waals surface area contributed by atoms with Gasteiger partial charge in [0.2, 0.25) is 5.91 Å². The number of rotatable bonds is 5. The first-order chi connectivity index (χ1) is 9.20. The van der Waals surface area contributed by atoms with E-state index in [1.54, 1.807) is 0 Å². The zero-order valence-corrected chi connectivity index (χ0v) is 11.6. The molecule has 0 bridgehead atoms. The summed E-state index contributed by atoms with van der Waals surface area (Å²) >= 11 is 0. The number of carbonyl (C=O) groups is 1. The van der Waals surface area contributed by atoms with Crippen LogP contribution in [0, 0.1) is 12.8 Å². The van der Waals surface area contributed by atoms with Crippen molar-refractivity contribution in [2.45, 2.75) is 19.4 Å². The Morgan fingerprint density at radius 2 is 2.26 bits per heavy atom. The molecule has 2 N–H and O–H groups in total. The van der Waals surface area contributed by atoms with Crippen LogP contribution in [0.1, 0.15) is 11.1 Å². The van der Waals surface area contributed by atoms with Gasteiger partial charge in [0.05, 0.1) is 19.1 Å². The molecule has 19 heavy (non-hydrogen) atoms. The van der Waals surface area contributed by atoms with E-state index in [2.05, 4.69) is 35.8 Å². The second kappa shape index (κ2) is 6.68. The van der Waals surface area contributed by atoms with Crippen LogP contribution < -0.4 is 10.6 Å². The molecular weight excluding hydrogens is 240 g/mol. The van der Waals surface area contributed by atoms with Crippen LogP contribution in [0.25, 0.3) is 0 Å². The number of nitrogens with one attached hydrogen (secondary N) is 2. The second-order valence-corrected chi connectivity index (χ2v) is 5.07. The fourth-order valence-electron chi connectivity index (χ4n) is 2.43. The Labute approximate surface area is 114 Å². The zero-order chi connectivity index (χ0) is 13.7.